The Morgan fingerprint density at radius 2 is 2.07 bits per heavy atom. The highest BCUT2D eigenvalue weighted by atomic mass is 35.5. The zero-order valence-electron chi connectivity index (χ0n) is 8.04. The maximum atomic E-state index is 13.0. The van der Waals surface area contributed by atoms with Gasteiger partial charge in [0.15, 0.2) is 0 Å². The molecule has 0 aliphatic carbocycles. The van der Waals surface area contributed by atoms with Crippen LogP contribution in [0.4, 0.5) is 4.39 Å². The van der Waals surface area contributed by atoms with E-state index in [-0.39, 0.29) is 11.1 Å². The summed E-state index contributed by atoms with van der Waals surface area (Å²) in [5.41, 5.74) is 2.11. The maximum Gasteiger partial charge on any atom is 0.222 e. The smallest absolute Gasteiger partial charge is 0.222 e. The molecule has 1 aromatic heterocycles. The van der Waals surface area contributed by atoms with Crippen LogP contribution >= 0.6 is 11.6 Å². The summed E-state index contributed by atoms with van der Waals surface area (Å²) in [5, 5.41) is 0.189. The first-order chi connectivity index (χ1) is 7.16. The minimum absolute atomic E-state index is 0.189. The molecule has 1 heterocycles. The SMILES string of the molecule is Cc1cc(-c2ccnc(Cl)n2)ccc1F. The van der Waals surface area contributed by atoms with Gasteiger partial charge in [-0.2, -0.15) is 0 Å². The second-order valence-corrected chi connectivity index (χ2v) is 3.51. The average molecular weight is 223 g/mol. The minimum Gasteiger partial charge on any atom is -0.226 e. The number of halogens is 2. The Kier molecular flexibility index (Phi) is 2.64. The lowest BCUT2D eigenvalue weighted by atomic mass is 10.1. The molecule has 0 saturated carbocycles. The predicted octanol–water partition coefficient (Wildman–Crippen LogP) is 3.24. The topological polar surface area (TPSA) is 25.8 Å². The fraction of sp³-hybridized carbons (Fsp3) is 0.0909. The molecular formula is C11H8ClFN2. The molecule has 0 radical (unpaired) electrons. The monoisotopic (exact) mass is 222 g/mol. The fourth-order valence-corrected chi connectivity index (χ4v) is 1.45. The number of rotatable bonds is 1. The van der Waals surface area contributed by atoms with E-state index in [2.05, 4.69) is 9.97 Å². The molecule has 0 aliphatic rings. The molecule has 0 amide bonds. The van der Waals surface area contributed by atoms with Crippen LogP contribution in [0.5, 0.6) is 0 Å². The number of hydrogen-bond donors (Lipinski definition) is 0. The first kappa shape index (κ1) is 10.1. The minimum atomic E-state index is -0.223. The van der Waals surface area contributed by atoms with Crippen LogP contribution in [-0.2, 0) is 0 Å². The van der Waals surface area contributed by atoms with E-state index in [1.807, 2.05) is 0 Å². The van der Waals surface area contributed by atoms with E-state index in [0.29, 0.717) is 11.3 Å². The molecule has 0 bridgehead atoms. The maximum absolute atomic E-state index is 13.0. The van der Waals surface area contributed by atoms with Gasteiger partial charge in [-0.3, -0.25) is 0 Å². The van der Waals surface area contributed by atoms with Crippen molar-refractivity contribution >= 4 is 11.6 Å². The highest BCUT2D eigenvalue weighted by molar-refractivity contribution is 6.28. The number of nitrogens with zero attached hydrogens (tertiary/aromatic N) is 2. The second kappa shape index (κ2) is 3.95. The summed E-state index contributed by atoms with van der Waals surface area (Å²) in [6.07, 6.45) is 1.57. The number of aryl methyl sites for hydroxylation is 1. The molecular weight excluding hydrogens is 215 g/mol. The lowest BCUT2D eigenvalue weighted by Crippen LogP contribution is -1.88. The van der Waals surface area contributed by atoms with Gasteiger partial charge in [0.25, 0.3) is 0 Å². The quantitative estimate of drug-likeness (QED) is 0.693. The lowest BCUT2D eigenvalue weighted by Gasteiger charge is -2.02. The summed E-state index contributed by atoms with van der Waals surface area (Å²) < 4.78 is 13.0. The van der Waals surface area contributed by atoms with E-state index in [0.717, 1.165) is 5.56 Å². The number of aromatic nitrogens is 2. The van der Waals surface area contributed by atoms with E-state index >= 15 is 0 Å². The highest BCUT2D eigenvalue weighted by Crippen LogP contribution is 2.20. The normalized spacial score (nSPS) is 10.3. The molecule has 0 spiro atoms. The zero-order chi connectivity index (χ0) is 10.8. The van der Waals surface area contributed by atoms with Crippen molar-refractivity contribution in [3.63, 3.8) is 0 Å². The van der Waals surface area contributed by atoms with Crippen molar-refractivity contribution in [1.82, 2.24) is 9.97 Å². The second-order valence-electron chi connectivity index (χ2n) is 3.17. The van der Waals surface area contributed by atoms with Crippen LogP contribution in [0.3, 0.4) is 0 Å². The predicted molar refractivity (Wildman–Crippen MR) is 57.2 cm³/mol. The van der Waals surface area contributed by atoms with Gasteiger partial charge in [0, 0.05) is 11.8 Å². The Morgan fingerprint density at radius 1 is 1.27 bits per heavy atom. The first-order valence-electron chi connectivity index (χ1n) is 4.42. The summed E-state index contributed by atoms with van der Waals surface area (Å²) in [6, 6.07) is 6.55. The van der Waals surface area contributed by atoms with Gasteiger partial charge in [-0.15, -0.1) is 0 Å². The Labute approximate surface area is 91.8 Å². The summed E-state index contributed by atoms with van der Waals surface area (Å²) in [4.78, 5) is 7.83. The number of hydrogen-bond acceptors (Lipinski definition) is 2. The van der Waals surface area contributed by atoms with Crippen LogP contribution < -0.4 is 0 Å². The molecule has 0 fully saturated rings. The van der Waals surface area contributed by atoms with Gasteiger partial charge >= 0.3 is 0 Å². The van der Waals surface area contributed by atoms with Gasteiger partial charge < -0.3 is 0 Å². The fourth-order valence-electron chi connectivity index (χ4n) is 1.30. The van der Waals surface area contributed by atoms with Crippen molar-refractivity contribution < 1.29 is 4.39 Å². The molecule has 0 aliphatic heterocycles. The zero-order valence-corrected chi connectivity index (χ0v) is 8.79. The van der Waals surface area contributed by atoms with Crippen molar-refractivity contribution in [3.05, 3.63) is 47.1 Å². The Bertz CT molecular complexity index is 500. The van der Waals surface area contributed by atoms with Crippen LogP contribution in [0.15, 0.2) is 30.5 Å². The molecule has 76 valence electrons. The van der Waals surface area contributed by atoms with Gasteiger partial charge in [-0.05, 0) is 48.4 Å². The molecule has 2 nitrogen and oxygen atoms in total. The van der Waals surface area contributed by atoms with Gasteiger partial charge in [-0.1, -0.05) is 0 Å². The van der Waals surface area contributed by atoms with E-state index < -0.39 is 0 Å². The molecule has 4 heteroatoms. The highest BCUT2D eigenvalue weighted by Gasteiger charge is 2.03. The van der Waals surface area contributed by atoms with Gasteiger partial charge in [0.2, 0.25) is 5.28 Å². The Hall–Kier alpha value is -1.48. The summed E-state index contributed by atoms with van der Waals surface area (Å²) >= 11 is 5.67. The Balaban J connectivity index is 2.50. The van der Waals surface area contributed by atoms with Gasteiger partial charge in [-0.25, -0.2) is 14.4 Å². The number of benzene rings is 1. The van der Waals surface area contributed by atoms with E-state index in [9.17, 15) is 4.39 Å². The van der Waals surface area contributed by atoms with E-state index in [1.165, 1.54) is 6.07 Å². The van der Waals surface area contributed by atoms with Gasteiger partial charge in [0.1, 0.15) is 5.82 Å². The standard InChI is InChI=1S/C11H8ClFN2/c1-7-6-8(2-3-9(7)13)10-4-5-14-11(12)15-10/h2-6H,1H3. The molecule has 15 heavy (non-hydrogen) atoms. The van der Waals surface area contributed by atoms with Crippen LogP contribution in [0.25, 0.3) is 11.3 Å². The average Bonchev–Trinajstić information content (AvgIpc) is 2.22. The van der Waals surface area contributed by atoms with Crippen molar-refractivity contribution in [2.24, 2.45) is 0 Å². The molecule has 0 unspecified atom stereocenters. The summed E-state index contributed by atoms with van der Waals surface area (Å²) in [6.45, 7) is 1.71. The van der Waals surface area contributed by atoms with Crippen LogP contribution in [-0.4, -0.2) is 9.97 Å². The third-order valence-electron chi connectivity index (χ3n) is 2.08. The van der Waals surface area contributed by atoms with E-state index in [4.69, 9.17) is 11.6 Å². The van der Waals surface area contributed by atoms with Crippen LogP contribution in [0.1, 0.15) is 5.56 Å². The van der Waals surface area contributed by atoms with Crippen molar-refractivity contribution in [1.29, 1.82) is 0 Å². The molecule has 0 saturated heterocycles. The molecule has 0 atom stereocenters. The first-order valence-corrected chi connectivity index (χ1v) is 4.79. The van der Waals surface area contributed by atoms with Crippen molar-refractivity contribution in [2.45, 2.75) is 6.92 Å². The Morgan fingerprint density at radius 3 is 2.73 bits per heavy atom. The summed E-state index contributed by atoms with van der Waals surface area (Å²) in [5.74, 6) is -0.223. The molecule has 1 aromatic carbocycles. The van der Waals surface area contributed by atoms with Crippen LogP contribution in [0.2, 0.25) is 5.28 Å². The van der Waals surface area contributed by atoms with Crippen molar-refractivity contribution in [2.75, 3.05) is 0 Å². The summed E-state index contributed by atoms with van der Waals surface area (Å²) in [7, 11) is 0. The third-order valence-corrected chi connectivity index (χ3v) is 2.26. The van der Waals surface area contributed by atoms with Gasteiger partial charge in [0.05, 0.1) is 5.69 Å². The lowest BCUT2D eigenvalue weighted by molar-refractivity contribution is 0.619. The van der Waals surface area contributed by atoms with Crippen LogP contribution in [0, 0.1) is 12.7 Å². The van der Waals surface area contributed by atoms with Crippen molar-refractivity contribution in [3.8, 4) is 11.3 Å². The molecule has 0 N–H and O–H groups in total. The van der Waals surface area contributed by atoms with E-state index in [1.54, 1.807) is 31.3 Å². The third kappa shape index (κ3) is 2.13. The largest absolute Gasteiger partial charge is 0.226 e. The molecule has 2 rings (SSSR count). The molecule has 2 aromatic rings.